The Morgan fingerprint density at radius 2 is 1.07 bits per heavy atom. The van der Waals surface area contributed by atoms with Crippen molar-refractivity contribution in [2.75, 3.05) is 18.6 Å². The van der Waals surface area contributed by atoms with Crippen LogP contribution in [-0.4, -0.2) is 27.9 Å². The van der Waals surface area contributed by atoms with Crippen LogP contribution >= 0.6 is 0 Å². The molecule has 0 aliphatic rings. The molecule has 0 atom stereocenters. The summed E-state index contributed by atoms with van der Waals surface area (Å²) in [5.74, 6) is -0.309. The van der Waals surface area contributed by atoms with Gasteiger partial charge in [-0.1, -0.05) is 29.8 Å². The second kappa shape index (κ2) is 10.8. The molecule has 0 aliphatic heterocycles. The van der Waals surface area contributed by atoms with Gasteiger partial charge in [0.05, 0.1) is 28.3 Å². The highest BCUT2D eigenvalue weighted by Crippen LogP contribution is 2.57. The van der Waals surface area contributed by atoms with Crippen molar-refractivity contribution in [1.82, 2.24) is 0 Å². The lowest BCUT2D eigenvalue weighted by Crippen LogP contribution is -2.54. The third-order valence-electron chi connectivity index (χ3n) is 6.65. The van der Waals surface area contributed by atoms with Crippen molar-refractivity contribution in [1.29, 1.82) is 0 Å². The molecule has 0 radical (unpaired) electrons. The number of ether oxygens (including phenoxy) is 2. The zero-order valence-corrected chi connectivity index (χ0v) is 22.9. The molecule has 4 aromatic rings. The van der Waals surface area contributed by atoms with Gasteiger partial charge >= 0.3 is 12.4 Å². The van der Waals surface area contributed by atoms with E-state index < -0.39 is 50.1 Å². The van der Waals surface area contributed by atoms with Gasteiger partial charge in [0.1, 0.15) is 17.2 Å². The van der Waals surface area contributed by atoms with Crippen LogP contribution in [0.4, 0.5) is 37.7 Å². The summed E-state index contributed by atoms with van der Waals surface area (Å²) < 4.78 is 123. The molecule has 0 fully saturated rings. The Balaban J connectivity index is 1.72. The quantitative estimate of drug-likeness (QED) is 0.169. The summed E-state index contributed by atoms with van der Waals surface area (Å²) in [5.41, 5.74) is 4.61. The SMILES string of the molecule is COc1ccc(C(c2ccc(Oc3ccc(S(=O)(=O)c4ccc(C)cc4)cc3)c(N)c2)(C(F)(F)F)C(F)(F)F)cc1N. The summed E-state index contributed by atoms with van der Waals surface area (Å²) in [6, 6.07) is 15.4. The molecule has 0 saturated heterocycles. The summed E-state index contributed by atoms with van der Waals surface area (Å²) in [6.45, 7) is 1.81. The number of hydrogen-bond donors (Lipinski definition) is 2. The summed E-state index contributed by atoms with van der Waals surface area (Å²) in [4.78, 5) is 0.0129. The number of sulfone groups is 1. The highest BCUT2D eigenvalue weighted by Gasteiger charge is 2.72. The van der Waals surface area contributed by atoms with E-state index in [0.717, 1.165) is 17.7 Å². The van der Waals surface area contributed by atoms with E-state index >= 15 is 0 Å². The summed E-state index contributed by atoms with van der Waals surface area (Å²) in [6.07, 6.45) is -11.7. The number of nitrogens with two attached hydrogens (primary N) is 2. The second-order valence-corrected chi connectivity index (χ2v) is 11.3. The van der Waals surface area contributed by atoms with E-state index in [1.54, 1.807) is 12.1 Å². The average Bonchev–Trinajstić information content (AvgIpc) is 2.89. The Kier molecular flexibility index (Phi) is 7.85. The predicted octanol–water partition coefficient (Wildman–Crippen LogP) is 7.20. The molecule has 0 heterocycles. The first kappa shape index (κ1) is 30.6. The number of alkyl halides is 6. The molecule has 0 unspecified atom stereocenters. The molecule has 4 aromatic carbocycles. The summed E-state index contributed by atoms with van der Waals surface area (Å²) in [7, 11) is -2.68. The number of hydrogen-bond acceptors (Lipinski definition) is 6. The molecule has 42 heavy (non-hydrogen) atoms. The lowest BCUT2D eigenvalue weighted by Gasteiger charge is -2.38. The minimum atomic E-state index is -5.86. The second-order valence-electron chi connectivity index (χ2n) is 9.34. The molecule has 6 nitrogen and oxygen atoms in total. The van der Waals surface area contributed by atoms with Crippen molar-refractivity contribution < 1.29 is 44.2 Å². The van der Waals surface area contributed by atoms with Gasteiger partial charge in [-0.2, -0.15) is 26.3 Å². The maximum Gasteiger partial charge on any atom is 0.411 e. The number of methoxy groups -OCH3 is 1. The number of benzene rings is 4. The van der Waals surface area contributed by atoms with Crippen LogP contribution in [0.25, 0.3) is 0 Å². The highest BCUT2D eigenvalue weighted by atomic mass is 32.2. The van der Waals surface area contributed by atoms with Crippen molar-refractivity contribution >= 4 is 21.2 Å². The lowest BCUT2D eigenvalue weighted by atomic mass is 9.72. The van der Waals surface area contributed by atoms with Crippen LogP contribution in [0.2, 0.25) is 0 Å². The van der Waals surface area contributed by atoms with Crippen LogP contribution in [0.5, 0.6) is 17.2 Å². The van der Waals surface area contributed by atoms with Gasteiger partial charge in [-0.3, -0.25) is 0 Å². The van der Waals surface area contributed by atoms with Gasteiger partial charge in [0.15, 0.2) is 0 Å². The van der Waals surface area contributed by atoms with E-state index in [1.165, 1.54) is 43.5 Å². The fourth-order valence-electron chi connectivity index (χ4n) is 4.49. The van der Waals surface area contributed by atoms with Crippen molar-refractivity contribution in [3.05, 3.63) is 102 Å². The Hall–Kier alpha value is -4.39. The van der Waals surface area contributed by atoms with E-state index in [-0.39, 0.29) is 27.0 Å². The molecule has 0 saturated carbocycles. The third kappa shape index (κ3) is 5.31. The van der Waals surface area contributed by atoms with E-state index in [1.807, 2.05) is 6.92 Å². The van der Waals surface area contributed by atoms with Crippen molar-refractivity contribution in [3.63, 3.8) is 0 Å². The Morgan fingerprint density at radius 1 is 0.643 bits per heavy atom. The molecule has 0 amide bonds. The predicted molar refractivity (Wildman–Crippen MR) is 144 cm³/mol. The van der Waals surface area contributed by atoms with Gasteiger partial charge < -0.3 is 20.9 Å². The van der Waals surface area contributed by atoms with Crippen molar-refractivity contribution in [3.8, 4) is 17.2 Å². The smallest absolute Gasteiger partial charge is 0.411 e. The minimum Gasteiger partial charge on any atom is -0.495 e. The Morgan fingerprint density at radius 3 is 1.48 bits per heavy atom. The zero-order chi connectivity index (χ0) is 31.1. The number of rotatable bonds is 7. The van der Waals surface area contributed by atoms with Crippen LogP contribution in [-0.2, 0) is 15.3 Å². The van der Waals surface area contributed by atoms with Gasteiger partial charge in [0.25, 0.3) is 0 Å². The van der Waals surface area contributed by atoms with Crippen LogP contribution < -0.4 is 20.9 Å². The molecule has 0 spiro atoms. The van der Waals surface area contributed by atoms with Crippen LogP contribution in [0.1, 0.15) is 16.7 Å². The molecule has 0 aromatic heterocycles. The molecular weight excluding hydrogens is 586 g/mol. The molecule has 0 aliphatic carbocycles. The van der Waals surface area contributed by atoms with E-state index in [4.69, 9.17) is 20.9 Å². The van der Waals surface area contributed by atoms with Gasteiger partial charge in [-0.05, 0) is 78.7 Å². The fourth-order valence-corrected chi connectivity index (χ4v) is 5.75. The number of nitrogen functional groups attached to an aromatic ring is 2. The largest absolute Gasteiger partial charge is 0.495 e. The Labute approximate surface area is 237 Å². The molecule has 13 heteroatoms. The number of aryl methyl sites for hydroxylation is 1. The van der Waals surface area contributed by atoms with Crippen LogP contribution in [0.15, 0.2) is 94.7 Å². The topological polar surface area (TPSA) is 105 Å². The maximum absolute atomic E-state index is 14.5. The first-order chi connectivity index (χ1) is 19.5. The molecule has 0 bridgehead atoms. The normalized spacial score (nSPS) is 12.7. The average molecular weight is 611 g/mol. The highest BCUT2D eigenvalue weighted by molar-refractivity contribution is 7.91. The van der Waals surface area contributed by atoms with E-state index in [2.05, 4.69) is 0 Å². The molecule has 4 N–H and O–H groups in total. The maximum atomic E-state index is 14.5. The zero-order valence-electron chi connectivity index (χ0n) is 22.0. The minimum absolute atomic E-state index is 0.0399. The van der Waals surface area contributed by atoms with Crippen molar-refractivity contribution in [2.45, 2.75) is 34.5 Å². The third-order valence-corrected chi connectivity index (χ3v) is 8.43. The Bertz CT molecular complexity index is 1690. The van der Waals surface area contributed by atoms with Crippen LogP contribution in [0.3, 0.4) is 0 Å². The number of anilines is 2. The van der Waals surface area contributed by atoms with Gasteiger partial charge in [-0.15, -0.1) is 0 Å². The van der Waals surface area contributed by atoms with Gasteiger partial charge in [0, 0.05) is 0 Å². The monoisotopic (exact) mass is 610 g/mol. The lowest BCUT2D eigenvalue weighted by molar-refractivity contribution is -0.288. The molecular formula is C29H24F6N2O4S. The van der Waals surface area contributed by atoms with Gasteiger partial charge in [0.2, 0.25) is 15.3 Å². The van der Waals surface area contributed by atoms with Crippen LogP contribution in [0, 0.1) is 6.92 Å². The van der Waals surface area contributed by atoms with Gasteiger partial charge in [-0.25, -0.2) is 8.42 Å². The van der Waals surface area contributed by atoms with E-state index in [9.17, 15) is 34.8 Å². The fraction of sp³-hybridized carbons (Fsp3) is 0.172. The van der Waals surface area contributed by atoms with Crippen molar-refractivity contribution in [2.24, 2.45) is 0 Å². The molecule has 4 rings (SSSR count). The first-order valence-electron chi connectivity index (χ1n) is 12.1. The molecule has 222 valence electrons. The van der Waals surface area contributed by atoms with E-state index in [0.29, 0.717) is 24.3 Å². The first-order valence-corrected chi connectivity index (χ1v) is 13.6. The standard InChI is InChI=1S/C29H24F6N2O4S/c1-17-3-9-21(10-4-17)42(38,39)22-11-7-20(8-12-22)41-26-14-6-19(16-24(26)37)27(28(30,31)32,29(33,34)35)18-5-13-25(40-2)23(36)15-18/h3-16H,36-37H2,1-2H3. The number of halogens is 6. The summed E-state index contributed by atoms with van der Waals surface area (Å²) in [5, 5.41) is 0. The summed E-state index contributed by atoms with van der Waals surface area (Å²) >= 11 is 0.